The normalized spacial score (nSPS) is 12.5. The molecule has 0 saturated heterocycles. The average Bonchev–Trinajstić information content (AvgIpc) is 2.67. The van der Waals surface area contributed by atoms with Crippen LogP contribution >= 0.6 is 7.60 Å². The van der Waals surface area contributed by atoms with Crippen molar-refractivity contribution < 1.29 is 23.1 Å². The molecule has 1 unspecified atom stereocenters. The maximum atomic E-state index is 13.6. The van der Waals surface area contributed by atoms with E-state index in [1.54, 1.807) is 40.2 Å². The molecule has 0 aliphatic rings. The van der Waals surface area contributed by atoms with Gasteiger partial charge in [0.1, 0.15) is 0 Å². The van der Waals surface area contributed by atoms with Gasteiger partial charge in [0.05, 0.1) is 27.4 Å². The van der Waals surface area contributed by atoms with Crippen LogP contribution in [0.3, 0.4) is 0 Å². The van der Waals surface area contributed by atoms with Gasteiger partial charge in [0.25, 0.3) is 0 Å². The summed E-state index contributed by atoms with van der Waals surface area (Å²) in [6.45, 7) is 6.13. The number of anilines is 1. The highest BCUT2D eigenvalue weighted by Gasteiger charge is 2.37. The molecule has 1 atom stereocenters. The first-order valence-corrected chi connectivity index (χ1v) is 10.5. The molecule has 1 N–H and O–H groups in total. The summed E-state index contributed by atoms with van der Waals surface area (Å²) in [5.41, 5.74) is 2.61. The van der Waals surface area contributed by atoms with E-state index in [-0.39, 0.29) is 13.2 Å². The van der Waals surface area contributed by atoms with E-state index in [1.165, 1.54) is 0 Å². The van der Waals surface area contributed by atoms with Gasteiger partial charge in [-0.2, -0.15) is 0 Å². The molecule has 2 rings (SSSR count). The largest absolute Gasteiger partial charge is 0.493 e. The van der Waals surface area contributed by atoms with Gasteiger partial charge < -0.3 is 23.8 Å². The molecule has 0 spiro atoms. The topological polar surface area (TPSA) is 66.0 Å². The van der Waals surface area contributed by atoms with Gasteiger partial charge in [0.2, 0.25) is 0 Å². The monoisotopic (exact) mass is 393 g/mol. The van der Waals surface area contributed by atoms with Crippen molar-refractivity contribution in [2.45, 2.75) is 26.6 Å². The first kappa shape index (κ1) is 21.3. The van der Waals surface area contributed by atoms with E-state index in [0.29, 0.717) is 11.5 Å². The first-order valence-electron chi connectivity index (χ1n) is 8.91. The highest BCUT2D eigenvalue weighted by molar-refractivity contribution is 7.54. The number of benzene rings is 2. The predicted octanol–water partition coefficient (Wildman–Crippen LogP) is 5.39. The van der Waals surface area contributed by atoms with Crippen molar-refractivity contribution in [3.8, 4) is 11.5 Å². The van der Waals surface area contributed by atoms with Crippen LogP contribution in [0.1, 0.15) is 30.8 Å². The third-order valence-electron chi connectivity index (χ3n) is 4.09. The van der Waals surface area contributed by atoms with E-state index in [2.05, 4.69) is 5.32 Å². The van der Waals surface area contributed by atoms with Gasteiger partial charge in [0, 0.05) is 5.69 Å². The summed E-state index contributed by atoms with van der Waals surface area (Å²) in [5.74, 6) is 0.447. The second-order valence-corrected chi connectivity index (χ2v) is 7.96. The van der Waals surface area contributed by atoms with Gasteiger partial charge in [-0.1, -0.05) is 24.3 Å². The highest BCUT2D eigenvalue weighted by Crippen LogP contribution is 2.61. The van der Waals surface area contributed by atoms with Crippen LogP contribution in [-0.4, -0.2) is 27.4 Å². The SMILES string of the molecule is CCOP(=O)(OCC)C(Nc1ccccc1C)c1ccc(OC)c(OC)c1. The minimum absolute atomic E-state index is 0.274. The summed E-state index contributed by atoms with van der Waals surface area (Å²) in [6.07, 6.45) is 0. The summed E-state index contributed by atoms with van der Waals surface area (Å²) < 4.78 is 35.6. The van der Waals surface area contributed by atoms with E-state index in [1.807, 2.05) is 37.3 Å². The fourth-order valence-corrected chi connectivity index (χ4v) is 4.71. The smallest absolute Gasteiger partial charge is 0.357 e. The quantitative estimate of drug-likeness (QED) is 0.546. The zero-order chi connectivity index (χ0) is 19.9. The van der Waals surface area contributed by atoms with Crippen molar-refractivity contribution in [1.82, 2.24) is 0 Å². The molecule has 7 heteroatoms. The van der Waals surface area contributed by atoms with E-state index in [9.17, 15) is 4.57 Å². The fraction of sp³-hybridized carbons (Fsp3) is 0.400. The Morgan fingerprint density at radius 3 is 2.15 bits per heavy atom. The zero-order valence-corrected chi connectivity index (χ0v) is 17.4. The van der Waals surface area contributed by atoms with Crippen molar-refractivity contribution >= 4 is 13.3 Å². The second kappa shape index (κ2) is 9.79. The number of ether oxygens (including phenoxy) is 2. The fourth-order valence-electron chi connectivity index (χ4n) is 2.80. The number of rotatable bonds is 10. The van der Waals surface area contributed by atoms with E-state index >= 15 is 0 Å². The number of nitrogens with one attached hydrogen (secondary N) is 1. The summed E-state index contributed by atoms with van der Waals surface area (Å²) in [5, 5.41) is 3.35. The van der Waals surface area contributed by atoms with Crippen LogP contribution in [0.2, 0.25) is 0 Å². The molecule has 148 valence electrons. The van der Waals surface area contributed by atoms with Crippen molar-refractivity contribution in [2.24, 2.45) is 0 Å². The van der Waals surface area contributed by atoms with Crippen LogP contribution in [0.4, 0.5) is 5.69 Å². The lowest BCUT2D eigenvalue weighted by Gasteiger charge is -2.29. The first-order chi connectivity index (χ1) is 13.0. The summed E-state index contributed by atoms with van der Waals surface area (Å²) in [6, 6.07) is 13.2. The van der Waals surface area contributed by atoms with Crippen molar-refractivity contribution in [3.63, 3.8) is 0 Å². The predicted molar refractivity (Wildman–Crippen MR) is 108 cm³/mol. The van der Waals surface area contributed by atoms with Gasteiger partial charge in [-0.25, -0.2) is 0 Å². The van der Waals surface area contributed by atoms with Crippen molar-refractivity contribution in [1.29, 1.82) is 0 Å². The Balaban J connectivity index is 2.55. The van der Waals surface area contributed by atoms with E-state index in [4.69, 9.17) is 18.5 Å². The number of methoxy groups -OCH3 is 2. The molecule has 0 fully saturated rings. The highest BCUT2D eigenvalue weighted by atomic mass is 31.2. The van der Waals surface area contributed by atoms with Crippen LogP contribution in [0.25, 0.3) is 0 Å². The van der Waals surface area contributed by atoms with Gasteiger partial charge >= 0.3 is 7.60 Å². The van der Waals surface area contributed by atoms with Crippen molar-refractivity contribution in [3.05, 3.63) is 53.6 Å². The minimum atomic E-state index is -3.50. The maximum Gasteiger partial charge on any atom is 0.357 e. The Bertz CT molecular complexity index is 786. The van der Waals surface area contributed by atoms with Crippen LogP contribution in [0.5, 0.6) is 11.5 Å². The van der Waals surface area contributed by atoms with Crippen LogP contribution in [0.15, 0.2) is 42.5 Å². The molecule has 2 aromatic carbocycles. The average molecular weight is 393 g/mol. The summed E-state index contributed by atoms with van der Waals surface area (Å²) in [7, 11) is -0.357. The maximum absolute atomic E-state index is 13.6. The number of aryl methyl sites for hydroxylation is 1. The van der Waals surface area contributed by atoms with Crippen LogP contribution < -0.4 is 14.8 Å². The lowest BCUT2D eigenvalue weighted by atomic mass is 10.1. The molecule has 0 saturated carbocycles. The third-order valence-corrected chi connectivity index (χ3v) is 6.39. The Kier molecular flexibility index (Phi) is 7.72. The molecule has 0 amide bonds. The lowest BCUT2D eigenvalue weighted by molar-refractivity contribution is 0.214. The third kappa shape index (κ3) is 5.04. The molecule has 0 radical (unpaired) electrons. The van der Waals surface area contributed by atoms with Gasteiger partial charge in [-0.3, -0.25) is 4.57 Å². The Labute approximate surface area is 161 Å². The Morgan fingerprint density at radius 1 is 0.963 bits per heavy atom. The molecule has 0 heterocycles. The second-order valence-electron chi connectivity index (χ2n) is 5.85. The van der Waals surface area contributed by atoms with Gasteiger partial charge in [-0.15, -0.1) is 0 Å². The number of hydrogen-bond acceptors (Lipinski definition) is 6. The van der Waals surface area contributed by atoms with Crippen LogP contribution in [-0.2, 0) is 13.6 Å². The molecular weight excluding hydrogens is 365 g/mol. The van der Waals surface area contributed by atoms with Gasteiger partial charge in [-0.05, 0) is 50.1 Å². The number of para-hydroxylation sites is 1. The standard InChI is InChI=1S/C20H28NO5P/c1-6-25-27(22,26-7-2)20(21-17-11-9-8-10-15(17)3)16-12-13-18(23-4)19(14-16)24-5/h8-14,20-21H,6-7H2,1-5H3. The molecule has 2 aromatic rings. The summed E-state index contributed by atoms with van der Waals surface area (Å²) >= 11 is 0. The van der Waals surface area contributed by atoms with E-state index < -0.39 is 13.4 Å². The molecule has 27 heavy (non-hydrogen) atoms. The zero-order valence-electron chi connectivity index (χ0n) is 16.5. The lowest BCUT2D eigenvalue weighted by Crippen LogP contribution is -2.16. The molecule has 0 aliphatic heterocycles. The Hall–Kier alpha value is -2.01. The molecule has 6 nitrogen and oxygen atoms in total. The van der Waals surface area contributed by atoms with Crippen molar-refractivity contribution in [2.75, 3.05) is 32.8 Å². The molecule has 0 aliphatic carbocycles. The van der Waals surface area contributed by atoms with Crippen LogP contribution in [0, 0.1) is 6.92 Å². The molecule has 0 bridgehead atoms. The summed E-state index contributed by atoms with van der Waals surface area (Å²) in [4.78, 5) is 0. The molecular formula is C20H28NO5P. The minimum Gasteiger partial charge on any atom is -0.493 e. The van der Waals surface area contributed by atoms with Gasteiger partial charge in [0.15, 0.2) is 17.3 Å². The molecule has 0 aromatic heterocycles. The number of hydrogen-bond donors (Lipinski definition) is 1. The Morgan fingerprint density at radius 2 is 1.59 bits per heavy atom. The van der Waals surface area contributed by atoms with E-state index in [0.717, 1.165) is 16.8 Å².